The first-order valence-corrected chi connectivity index (χ1v) is 7.82. The highest BCUT2D eigenvalue weighted by atomic mass is 16.5. The number of aromatic nitrogens is 1. The highest BCUT2D eigenvalue weighted by Gasteiger charge is 2.10. The Morgan fingerprint density at radius 3 is 2.65 bits per heavy atom. The first-order chi connectivity index (χ1) is 11.1. The monoisotopic (exact) mass is 313 g/mol. The molecule has 0 saturated carbocycles. The Hall–Kier alpha value is -2.56. The zero-order valence-electron chi connectivity index (χ0n) is 13.7. The molecule has 5 nitrogen and oxygen atoms in total. The summed E-state index contributed by atoms with van der Waals surface area (Å²) in [6.07, 6.45) is 4.50. The summed E-state index contributed by atoms with van der Waals surface area (Å²) in [6, 6.07) is 10.8. The first-order valence-electron chi connectivity index (χ1n) is 7.82. The van der Waals surface area contributed by atoms with Gasteiger partial charge in [-0.3, -0.25) is 4.98 Å². The van der Waals surface area contributed by atoms with Crippen LogP contribution in [0.25, 0.3) is 0 Å². The van der Waals surface area contributed by atoms with Crippen molar-refractivity contribution in [2.45, 2.75) is 39.3 Å². The van der Waals surface area contributed by atoms with E-state index < -0.39 is 0 Å². The number of anilines is 1. The van der Waals surface area contributed by atoms with Gasteiger partial charge in [-0.2, -0.15) is 0 Å². The Morgan fingerprint density at radius 1 is 1.22 bits per heavy atom. The molecule has 2 unspecified atom stereocenters. The van der Waals surface area contributed by atoms with Crippen LogP contribution in [-0.2, 0) is 0 Å². The number of rotatable bonds is 6. The summed E-state index contributed by atoms with van der Waals surface area (Å²) in [7, 11) is 0. The highest BCUT2D eigenvalue weighted by Crippen LogP contribution is 2.19. The van der Waals surface area contributed by atoms with Gasteiger partial charge in [-0.05, 0) is 50.1 Å². The van der Waals surface area contributed by atoms with E-state index in [0.717, 1.165) is 17.7 Å². The number of carbonyl (C=O) groups excluding carboxylic acids is 1. The van der Waals surface area contributed by atoms with E-state index in [4.69, 9.17) is 4.74 Å². The van der Waals surface area contributed by atoms with Gasteiger partial charge in [-0.25, -0.2) is 4.79 Å². The number of amides is 2. The fourth-order valence-electron chi connectivity index (χ4n) is 2.06. The second kappa shape index (κ2) is 8.17. The summed E-state index contributed by atoms with van der Waals surface area (Å²) in [5.41, 5.74) is 1.70. The van der Waals surface area contributed by atoms with Crippen molar-refractivity contribution >= 4 is 11.7 Å². The van der Waals surface area contributed by atoms with E-state index in [-0.39, 0.29) is 18.2 Å². The zero-order valence-corrected chi connectivity index (χ0v) is 13.7. The van der Waals surface area contributed by atoms with Crippen LogP contribution < -0.4 is 15.4 Å². The van der Waals surface area contributed by atoms with Crippen LogP contribution in [-0.4, -0.2) is 17.1 Å². The molecule has 23 heavy (non-hydrogen) atoms. The normalized spacial score (nSPS) is 13.0. The molecule has 0 aliphatic carbocycles. The zero-order chi connectivity index (χ0) is 16.7. The minimum atomic E-state index is -0.255. The molecule has 2 aromatic rings. The van der Waals surface area contributed by atoms with E-state index in [2.05, 4.69) is 22.5 Å². The molecule has 0 aliphatic heterocycles. The summed E-state index contributed by atoms with van der Waals surface area (Å²) < 4.78 is 5.76. The van der Waals surface area contributed by atoms with Crippen molar-refractivity contribution < 1.29 is 9.53 Å². The summed E-state index contributed by atoms with van der Waals surface area (Å²) in [4.78, 5) is 16.1. The van der Waals surface area contributed by atoms with Gasteiger partial charge in [-0.15, -0.1) is 0 Å². The van der Waals surface area contributed by atoms with Gasteiger partial charge in [-0.1, -0.05) is 13.0 Å². The van der Waals surface area contributed by atoms with Crippen molar-refractivity contribution in [3.63, 3.8) is 0 Å². The predicted octanol–water partition coefficient (Wildman–Crippen LogP) is 4.14. The molecule has 1 heterocycles. The number of urea groups is 1. The van der Waals surface area contributed by atoms with Crippen molar-refractivity contribution in [1.82, 2.24) is 10.3 Å². The topological polar surface area (TPSA) is 63.2 Å². The molecule has 2 rings (SSSR count). The Labute approximate surface area is 137 Å². The van der Waals surface area contributed by atoms with Crippen molar-refractivity contribution in [1.29, 1.82) is 0 Å². The van der Waals surface area contributed by atoms with Gasteiger partial charge in [0.25, 0.3) is 0 Å². The average molecular weight is 313 g/mol. The Kier molecular flexibility index (Phi) is 5.97. The van der Waals surface area contributed by atoms with Crippen molar-refractivity contribution in [3.8, 4) is 5.75 Å². The number of hydrogen-bond acceptors (Lipinski definition) is 3. The number of hydrogen-bond donors (Lipinski definition) is 2. The molecule has 0 bridgehead atoms. The molecule has 0 fully saturated rings. The van der Waals surface area contributed by atoms with Crippen LogP contribution in [0.5, 0.6) is 5.75 Å². The van der Waals surface area contributed by atoms with E-state index in [0.29, 0.717) is 5.69 Å². The van der Waals surface area contributed by atoms with Gasteiger partial charge in [0.2, 0.25) is 0 Å². The van der Waals surface area contributed by atoms with Gasteiger partial charge >= 0.3 is 6.03 Å². The van der Waals surface area contributed by atoms with Gasteiger partial charge in [0.1, 0.15) is 5.75 Å². The highest BCUT2D eigenvalue weighted by molar-refractivity contribution is 5.89. The lowest BCUT2D eigenvalue weighted by Gasteiger charge is -2.16. The maximum atomic E-state index is 12.1. The van der Waals surface area contributed by atoms with E-state index in [1.165, 1.54) is 0 Å². The third-order valence-electron chi connectivity index (χ3n) is 3.56. The van der Waals surface area contributed by atoms with Crippen LogP contribution in [0.15, 0.2) is 48.8 Å². The lowest BCUT2D eigenvalue weighted by atomic mass is 10.1. The fraction of sp³-hybridized carbons (Fsp3) is 0.333. The first kappa shape index (κ1) is 16.8. The summed E-state index contributed by atoms with van der Waals surface area (Å²) in [5.74, 6) is 0.749. The van der Waals surface area contributed by atoms with Crippen LogP contribution in [0.2, 0.25) is 0 Å². The lowest BCUT2D eigenvalue weighted by molar-refractivity contribution is 0.217. The number of benzene rings is 1. The van der Waals surface area contributed by atoms with E-state index in [1.54, 1.807) is 12.4 Å². The third kappa shape index (κ3) is 5.29. The molecule has 1 aromatic carbocycles. The van der Waals surface area contributed by atoms with Crippen LogP contribution in [0.4, 0.5) is 10.5 Å². The molecule has 2 atom stereocenters. The minimum Gasteiger partial charge on any atom is -0.491 e. The molecule has 2 N–H and O–H groups in total. The van der Waals surface area contributed by atoms with Gasteiger partial charge in [0.05, 0.1) is 12.1 Å². The Morgan fingerprint density at radius 2 is 1.96 bits per heavy atom. The SMILES string of the molecule is CCC(C)Oc1cccc(NC(=O)NC(C)c2ccncc2)c1. The van der Waals surface area contributed by atoms with E-state index in [9.17, 15) is 4.79 Å². The molecule has 0 aliphatic rings. The number of nitrogens with zero attached hydrogens (tertiary/aromatic N) is 1. The standard InChI is InChI=1S/C18H23N3O2/c1-4-13(2)23-17-7-5-6-16(12-17)21-18(22)20-14(3)15-8-10-19-11-9-15/h5-14H,4H2,1-3H3,(H2,20,21,22). The molecular formula is C18H23N3O2. The van der Waals surface area contributed by atoms with Gasteiger partial charge in [0, 0.05) is 24.1 Å². The minimum absolute atomic E-state index is 0.0995. The molecule has 122 valence electrons. The predicted molar refractivity (Wildman–Crippen MR) is 91.6 cm³/mol. The van der Waals surface area contributed by atoms with Gasteiger partial charge < -0.3 is 15.4 Å². The molecular weight excluding hydrogens is 290 g/mol. The second-order valence-electron chi connectivity index (χ2n) is 5.47. The van der Waals surface area contributed by atoms with Crippen molar-refractivity contribution in [3.05, 3.63) is 54.4 Å². The maximum Gasteiger partial charge on any atom is 0.319 e. The van der Waals surface area contributed by atoms with Crippen molar-refractivity contribution in [2.75, 3.05) is 5.32 Å². The van der Waals surface area contributed by atoms with Crippen LogP contribution >= 0.6 is 0 Å². The second-order valence-corrected chi connectivity index (χ2v) is 5.47. The smallest absolute Gasteiger partial charge is 0.319 e. The van der Waals surface area contributed by atoms with Crippen LogP contribution in [0.1, 0.15) is 38.8 Å². The molecule has 5 heteroatoms. The number of ether oxygens (including phenoxy) is 1. The number of carbonyl (C=O) groups is 1. The number of nitrogens with one attached hydrogen (secondary N) is 2. The van der Waals surface area contributed by atoms with Gasteiger partial charge in [0.15, 0.2) is 0 Å². The molecule has 1 aromatic heterocycles. The van der Waals surface area contributed by atoms with Crippen molar-refractivity contribution in [2.24, 2.45) is 0 Å². The molecule has 0 spiro atoms. The van der Waals surface area contributed by atoms with E-state index in [1.807, 2.05) is 50.2 Å². The molecule has 0 saturated heterocycles. The average Bonchev–Trinajstić information content (AvgIpc) is 2.55. The summed E-state index contributed by atoms with van der Waals surface area (Å²) >= 11 is 0. The Balaban J connectivity index is 1.93. The quantitative estimate of drug-likeness (QED) is 0.842. The van der Waals surface area contributed by atoms with E-state index >= 15 is 0 Å². The van der Waals surface area contributed by atoms with Crippen LogP contribution in [0, 0.1) is 0 Å². The largest absolute Gasteiger partial charge is 0.491 e. The summed E-state index contributed by atoms with van der Waals surface area (Å²) in [6.45, 7) is 6.02. The lowest BCUT2D eigenvalue weighted by Crippen LogP contribution is -2.31. The maximum absolute atomic E-state index is 12.1. The number of pyridine rings is 1. The molecule has 2 amide bonds. The third-order valence-corrected chi connectivity index (χ3v) is 3.56. The Bertz CT molecular complexity index is 631. The fourth-order valence-corrected chi connectivity index (χ4v) is 2.06. The summed E-state index contributed by atoms with van der Waals surface area (Å²) in [5, 5.41) is 5.73. The molecule has 0 radical (unpaired) electrons. The van der Waals surface area contributed by atoms with Crippen LogP contribution in [0.3, 0.4) is 0 Å².